The van der Waals surface area contributed by atoms with Crippen LogP contribution in [0.4, 0.5) is 0 Å². The van der Waals surface area contributed by atoms with Crippen molar-refractivity contribution in [2.45, 2.75) is 24.9 Å². The van der Waals surface area contributed by atoms with Crippen LogP contribution in [0.3, 0.4) is 0 Å². The molecule has 2 aromatic carbocycles. The van der Waals surface area contributed by atoms with Crippen LogP contribution in [0, 0.1) is 11.8 Å². The van der Waals surface area contributed by atoms with Gasteiger partial charge >= 0.3 is 0 Å². The third-order valence-electron chi connectivity index (χ3n) is 6.84. The van der Waals surface area contributed by atoms with Gasteiger partial charge in [0.15, 0.2) is 0 Å². The fraction of sp³-hybridized carbons (Fsp3) is 0.310. The van der Waals surface area contributed by atoms with Crippen molar-refractivity contribution in [1.29, 1.82) is 0 Å². The predicted octanol–water partition coefficient (Wildman–Crippen LogP) is 4.92. The number of allylic oxidation sites excluding steroid dienone is 4. The van der Waals surface area contributed by atoms with Gasteiger partial charge in [-0.2, -0.15) is 0 Å². The molecular weight excluding hydrogens is 423 g/mol. The maximum atomic E-state index is 5.53. The molecule has 1 saturated heterocycles. The number of nitrogens with one attached hydrogen (secondary N) is 1. The van der Waals surface area contributed by atoms with Gasteiger partial charge in [-0.05, 0) is 36.7 Å². The molecule has 0 saturated carbocycles. The average Bonchev–Trinajstić information content (AvgIpc) is 3.63. The van der Waals surface area contributed by atoms with Crippen LogP contribution in [0.25, 0.3) is 0 Å². The number of nitrogens with zero attached hydrogens (tertiary/aromatic N) is 1. The summed E-state index contributed by atoms with van der Waals surface area (Å²) in [5, 5.41) is 6.79. The SMILES string of the molecule is COC[C@@H]1CCCN1NC(C1C=CC=C1)C1C=CC=C1P(c1ccccc1)c1ccccc1. The zero-order valence-corrected chi connectivity index (χ0v) is 20.1. The Labute approximate surface area is 199 Å². The fourth-order valence-corrected chi connectivity index (χ4v) is 7.88. The van der Waals surface area contributed by atoms with Crippen molar-refractivity contribution in [2.24, 2.45) is 11.8 Å². The molecule has 5 rings (SSSR count). The van der Waals surface area contributed by atoms with Crippen LogP contribution in [-0.4, -0.2) is 37.4 Å². The van der Waals surface area contributed by atoms with E-state index in [9.17, 15) is 0 Å². The Morgan fingerprint density at radius 2 is 1.61 bits per heavy atom. The van der Waals surface area contributed by atoms with Gasteiger partial charge in [-0.3, -0.25) is 0 Å². The summed E-state index contributed by atoms with van der Waals surface area (Å²) >= 11 is 0. The Bertz CT molecular complexity index is 979. The summed E-state index contributed by atoms with van der Waals surface area (Å²) in [6.07, 6.45) is 18.5. The highest BCUT2D eigenvalue weighted by Crippen LogP contribution is 2.51. The molecule has 1 heterocycles. The maximum Gasteiger partial charge on any atom is 0.0632 e. The van der Waals surface area contributed by atoms with Crippen molar-refractivity contribution in [3.05, 3.63) is 109 Å². The lowest BCUT2D eigenvalue weighted by molar-refractivity contribution is 0.0628. The Hall–Kier alpha value is -2.29. The maximum absolute atomic E-state index is 5.53. The van der Waals surface area contributed by atoms with E-state index < -0.39 is 7.92 Å². The molecule has 0 amide bonds. The highest BCUT2D eigenvalue weighted by atomic mass is 31.1. The first-order chi connectivity index (χ1) is 16.3. The first-order valence-corrected chi connectivity index (χ1v) is 13.3. The smallest absolute Gasteiger partial charge is 0.0632 e. The second-order valence-electron chi connectivity index (χ2n) is 8.96. The van der Waals surface area contributed by atoms with Crippen LogP contribution in [0.15, 0.2) is 109 Å². The second kappa shape index (κ2) is 10.8. The molecule has 2 aromatic rings. The first kappa shape index (κ1) is 22.5. The van der Waals surface area contributed by atoms with E-state index >= 15 is 0 Å². The van der Waals surface area contributed by atoms with Crippen molar-refractivity contribution in [2.75, 3.05) is 20.3 Å². The molecule has 1 N–H and O–H groups in total. The quantitative estimate of drug-likeness (QED) is 0.543. The molecule has 3 nitrogen and oxygen atoms in total. The summed E-state index contributed by atoms with van der Waals surface area (Å²) in [6.45, 7) is 1.85. The third-order valence-corrected chi connectivity index (χ3v) is 9.44. The normalized spacial score (nSPS) is 23.6. The van der Waals surface area contributed by atoms with E-state index in [2.05, 4.69) is 114 Å². The van der Waals surface area contributed by atoms with Gasteiger partial charge in [0.1, 0.15) is 0 Å². The second-order valence-corrected chi connectivity index (χ2v) is 11.2. The monoisotopic (exact) mass is 456 g/mol. The zero-order chi connectivity index (χ0) is 22.5. The number of rotatable bonds is 9. The lowest BCUT2D eigenvalue weighted by atomic mass is 9.90. The molecule has 0 spiro atoms. The average molecular weight is 457 g/mol. The molecule has 1 fully saturated rings. The lowest BCUT2D eigenvalue weighted by Crippen LogP contribution is -2.53. The van der Waals surface area contributed by atoms with Gasteiger partial charge in [0.25, 0.3) is 0 Å². The number of hydrogen-bond donors (Lipinski definition) is 1. The summed E-state index contributed by atoms with van der Waals surface area (Å²) in [5.41, 5.74) is 3.99. The molecule has 4 heteroatoms. The van der Waals surface area contributed by atoms with Crippen molar-refractivity contribution >= 4 is 18.5 Å². The van der Waals surface area contributed by atoms with Crippen molar-refractivity contribution in [1.82, 2.24) is 10.4 Å². The molecule has 170 valence electrons. The number of hydrogen-bond acceptors (Lipinski definition) is 3. The molecule has 1 aliphatic heterocycles. The number of hydrazine groups is 1. The summed E-state index contributed by atoms with van der Waals surface area (Å²) < 4.78 is 5.53. The number of ether oxygens (including phenoxy) is 1. The van der Waals surface area contributed by atoms with Gasteiger partial charge in [-0.1, -0.05) is 103 Å². The van der Waals surface area contributed by atoms with Crippen LogP contribution < -0.4 is 16.0 Å². The van der Waals surface area contributed by atoms with E-state index in [-0.39, 0.29) is 6.04 Å². The molecule has 2 aliphatic carbocycles. The van der Waals surface area contributed by atoms with Crippen molar-refractivity contribution < 1.29 is 4.74 Å². The molecule has 2 unspecified atom stereocenters. The molecule has 0 bridgehead atoms. The largest absolute Gasteiger partial charge is 0.383 e. The summed E-state index contributed by atoms with van der Waals surface area (Å²) in [5.74, 6) is 0.700. The van der Waals surface area contributed by atoms with Gasteiger partial charge in [-0.15, -0.1) is 0 Å². The van der Waals surface area contributed by atoms with Gasteiger partial charge in [0.05, 0.1) is 6.61 Å². The lowest BCUT2D eigenvalue weighted by Gasteiger charge is -2.37. The van der Waals surface area contributed by atoms with Crippen LogP contribution >= 0.6 is 7.92 Å². The Balaban J connectivity index is 1.48. The van der Waals surface area contributed by atoms with E-state index in [0.717, 1.165) is 13.2 Å². The van der Waals surface area contributed by atoms with Crippen molar-refractivity contribution in [3.8, 4) is 0 Å². The van der Waals surface area contributed by atoms with Gasteiger partial charge in [0.2, 0.25) is 0 Å². The highest BCUT2D eigenvalue weighted by Gasteiger charge is 2.37. The molecule has 3 aliphatic rings. The predicted molar refractivity (Wildman–Crippen MR) is 140 cm³/mol. The Morgan fingerprint density at radius 1 is 0.939 bits per heavy atom. The van der Waals surface area contributed by atoms with Crippen molar-refractivity contribution in [3.63, 3.8) is 0 Å². The highest BCUT2D eigenvalue weighted by molar-refractivity contribution is 7.76. The minimum Gasteiger partial charge on any atom is -0.383 e. The zero-order valence-electron chi connectivity index (χ0n) is 19.3. The van der Waals surface area contributed by atoms with Crippen LogP contribution in [0.2, 0.25) is 0 Å². The molecule has 3 atom stereocenters. The number of methoxy groups -OCH3 is 1. The number of benzene rings is 2. The van der Waals surface area contributed by atoms with Gasteiger partial charge in [-0.25, -0.2) is 10.4 Å². The van der Waals surface area contributed by atoms with Crippen LogP contribution in [0.1, 0.15) is 12.8 Å². The molecule has 0 radical (unpaired) electrons. The first-order valence-electron chi connectivity index (χ1n) is 12.0. The third kappa shape index (κ3) is 4.98. The Kier molecular flexibility index (Phi) is 7.34. The van der Waals surface area contributed by atoms with E-state index in [4.69, 9.17) is 4.74 Å². The minimum absolute atomic E-state index is 0.278. The standard InChI is InChI=1S/C29H33N2OP/c1-32-22-24-14-11-21-31(24)30-29(23-12-8-9-13-23)27-19-10-20-28(27)33(25-15-4-2-5-16-25)26-17-6-3-7-18-26/h2-10,12-13,15-20,23-24,27,29-30H,11,14,21-22H2,1H3/t24-,27?,29?/m0/s1. The topological polar surface area (TPSA) is 24.5 Å². The Morgan fingerprint density at radius 3 is 2.24 bits per heavy atom. The molecular formula is C29H33N2OP. The summed E-state index contributed by atoms with van der Waals surface area (Å²) in [4.78, 5) is 0. The fourth-order valence-electron chi connectivity index (χ4n) is 5.27. The summed E-state index contributed by atoms with van der Waals surface area (Å²) in [7, 11) is 1.20. The van der Waals surface area contributed by atoms with E-state index in [0.29, 0.717) is 17.9 Å². The van der Waals surface area contributed by atoms with E-state index in [1.54, 1.807) is 0 Å². The summed E-state index contributed by atoms with van der Waals surface area (Å²) in [6, 6.07) is 22.8. The molecule has 0 aromatic heterocycles. The molecule has 33 heavy (non-hydrogen) atoms. The van der Waals surface area contributed by atoms with Crippen LogP contribution in [-0.2, 0) is 4.74 Å². The van der Waals surface area contributed by atoms with Gasteiger partial charge < -0.3 is 4.74 Å². The van der Waals surface area contributed by atoms with Gasteiger partial charge in [0, 0.05) is 37.6 Å². The minimum atomic E-state index is -0.607. The van der Waals surface area contributed by atoms with E-state index in [1.165, 1.54) is 28.8 Å². The van der Waals surface area contributed by atoms with E-state index in [1.807, 2.05) is 7.11 Å². The van der Waals surface area contributed by atoms with Crippen LogP contribution in [0.5, 0.6) is 0 Å².